The fourth-order valence-corrected chi connectivity index (χ4v) is 3.85. The van der Waals surface area contributed by atoms with Crippen LogP contribution < -0.4 is 5.32 Å². The standard InChI is InChI=1S/C24H30N2O2/c1-4-18-7-6-8-19(5-2)22(18)25-23(27)20-13-15-26(16-14-20)24(28)21-11-9-17(3)10-12-21/h6-12,20H,4-5,13-16H2,1-3H3,(H,25,27). The Kier molecular flexibility index (Phi) is 6.50. The molecule has 148 valence electrons. The number of anilines is 1. The van der Waals surface area contributed by atoms with Crippen LogP contribution in [0.4, 0.5) is 5.69 Å². The summed E-state index contributed by atoms with van der Waals surface area (Å²) in [6.07, 6.45) is 3.21. The first-order valence-corrected chi connectivity index (χ1v) is 10.3. The average molecular weight is 379 g/mol. The van der Waals surface area contributed by atoms with Crippen LogP contribution in [0, 0.1) is 12.8 Å². The highest BCUT2D eigenvalue weighted by molar-refractivity contribution is 5.96. The third-order valence-corrected chi connectivity index (χ3v) is 5.70. The molecule has 1 aliphatic rings. The third-order valence-electron chi connectivity index (χ3n) is 5.70. The number of carbonyl (C=O) groups is 2. The number of hydrogen-bond donors (Lipinski definition) is 1. The van der Waals surface area contributed by atoms with Crippen molar-refractivity contribution < 1.29 is 9.59 Å². The highest BCUT2D eigenvalue weighted by Gasteiger charge is 2.28. The molecule has 1 saturated heterocycles. The molecule has 0 radical (unpaired) electrons. The van der Waals surface area contributed by atoms with Crippen molar-refractivity contribution in [2.45, 2.75) is 46.5 Å². The second-order valence-corrected chi connectivity index (χ2v) is 7.58. The molecular formula is C24H30N2O2. The maximum atomic E-state index is 12.9. The molecule has 4 heteroatoms. The number of para-hydroxylation sites is 1. The van der Waals surface area contributed by atoms with E-state index in [-0.39, 0.29) is 17.7 Å². The highest BCUT2D eigenvalue weighted by atomic mass is 16.2. The largest absolute Gasteiger partial charge is 0.339 e. The predicted octanol–water partition coefficient (Wildman–Crippen LogP) is 4.61. The van der Waals surface area contributed by atoms with Crippen LogP contribution in [0.2, 0.25) is 0 Å². The van der Waals surface area contributed by atoms with Crippen LogP contribution in [0.15, 0.2) is 42.5 Å². The van der Waals surface area contributed by atoms with E-state index in [0.717, 1.165) is 29.7 Å². The molecule has 0 bridgehead atoms. The Balaban J connectivity index is 1.61. The number of benzene rings is 2. The molecule has 1 aliphatic heterocycles. The van der Waals surface area contributed by atoms with Crippen molar-refractivity contribution in [2.75, 3.05) is 18.4 Å². The Labute approximate surface area is 167 Å². The minimum absolute atomic E-state index is 0.0447. The number of amides is 2. The molecule has 0 saturated carbocycles. The molecule has 2 aromatic carbocycles. The second-order valence-electron chi connectivity index (χ2n) is 7.58. The average Bonchev–Trinajstić information content (AvgIpc) is 2.74. The Morgan fingerprint density at radius 3 is 2.07 bits per heavy atom. The highest BCUT2D eigenvalue weighted by Crippen LogP contribution is 2.26. The topological polar surface area (TPSA) is 49.4 Å². The Hall–Kier alpha value is -2.62. The van der Waals surface area contributed by atoms with Crippen LogP contribution in [0.1, 0.15) is 53.7 Å². The van der Waals surface area contributed by atoms with Gasteiger partial charge in [-0.15, -0.1) is 0 Å². The van der Waals surface area contributed by atoms with Crippen molar-refractivity contribution in [1.29, 1.82) is 0 Å². The minimum atomic E-state index is -0.0447. The molecule has 2 amide bonds. The molecule has 0 atom stereocenters. The zero-order valence-corrected chi connectivity index (χ0v) is 17.1. The first-order chi connectivity index (χ1) is 13.5. The summed E-state index contributed by atoms with van der Waals surface area (Å²) in [6.45, 7) is 7.49. The lowest BCUT2D eigenvalue weighted by molar-refractivity contribution is -0.121. The van der Waals surface area contributed by atoms with Gasteiger partial charge in [-0.1, -0.05) is 49.7 Å². The van der Waals surface area contributed by atoms with Crippen LogP contribution in [0.5, 0.6) is 0 Å². The van der Waals surface area contributed by atoms with Gasteiger partial charge in [-0.25, -0.2) is 0 Å². The van der Waals surface area contributed by atoms with Crippen molar-refractivity contribution in [2.24, 2.45) is 5.92 Å². The van der Waals surface area contributed by atoms with E-state index in [0.29, 0.717) is 25.9 Å². The fourth-order valence-electron chi connectivity index (χ4n) is 3.85. The van der Waals surface area contributed by atoms with Gasteiger partial charge in [0.25, 0.3) is 5.91 Å². The van der Waals surface area contributed by atoms with Gasteiger partial charge in [-0.05, 0) is 55.9 Å². The van der Waals surface area contributed by atoms with E-state index in [1.807, 2.05) is 36.1 Å². The molecule has 0 aromatic heterocycles. The van der Waals surface area contributed by atoms with Gasteiger partial charge < -0.3 is 10.2 Å². The fraction of sp³-hybridized carbons (Fsp3) is 0.417. The van der Waals surface area contributed by atoms with Crippen LogP contribution in [-0.4, -0.2) is 29.8 Å². The minimum Gasteiger partial charge on any atom is -0.339 e. The molecule has 28 heavy (non-hydrogen) atoms. The number of aryl methyl sites for hydroxylation is 3. The van der Waals surface area contributed by atoms with Gasteiger partial charge in [-0.3, -0.25) is 9.59 Å². The molecule has 1 fully saturated rings. The Morgan fingerprint density at radius 1 is 0.964 bits per heavy atom. The molecule has 4 nitrogen and oxygen atoms in total. The maximum Gasteiger partial charge on any atom is 0.253 e. The number of hydrogen-bond acceptors (Lipinski definition) is 2. The number of nitrogens with zero attached hydrogens (tertiary/aromatic N) is 1. The van der Waals surface area contributed by atoms with E-state index in [9.17, 15) is 9.59 Å². The molecule has 3 rings (SSSR count). The van der Waals surface area contributed by atoms with Gasteiger partial charge in [0, 0.05) is 30.3 Å². The summed E-state index contributed by atoms with van der Waals surface area (Å²) >= 11 is 0. The van der Waals surface area contributed by atoms with Crippen molar-refractivity contribution in [3.63, 3.8) is 0 Å². The zero-order valence-electron chi connectivity index (χ0n) is 17.1. The molecule has 0 aliphatic carbocycles. The van der Waals surface area contributed by atoms with E-state index in [1.165, 1.54) is 11.1 Å². The molecule has 1 heterocycles. The monoisotopic (exact) mass is 378 g/mol. The number of likely N-dealkylation sites (tertiary alicyclic amines) is 1. The van der Waals surface area contributed by atoms with Gasteiger partial charge in [-0.2, -0.15) is 0 Å². The van der Waals surface area contributed by atoms with Crippen molar-refractivity contribution in [1.82, 2.24) is 4.90 Å². The van der Waals surface area contributed by atoms with Crippen molar-refractivity contribution in [3.05, 3.63) is 64.7 Å². The number of nitrogens with one attached hydrogen (secondary N) is 1. The Morgan fingerprint density at radius 2 is 1.54 bits per heavy atom. The zero-order chi connectivity index (χ0) is 20.1. The second kappa shape index (κ2) is 9.05. The third kappa shape index (κ3) is 4.44. The smallest absolute Gasteiger partial charge is 0.253 e. The van der Waals surface area contributed by atoms with Gasteiger partial charge in [0.15, 0.2) is 0 Å². The van der Waals surface area contributed by atoms with Crippen LogP contribution in [0.3, 0.4) is 0 Å². The van der Waals surface area contributed by atoms with E-state index in [2.05, 4.69) is 37.4 Å². The number of rotatable bonds is 5. The molecule has 0 unspecified atom stereocenters. The first-order valence-electron chi connectivity index (χ1n) is 10.3. The SMILES string of the molecule is CCc1cccc(CC)c1NC(=O)C1CCN(C(=O)c2ccc(C)cc2)CC1. The summed E-state index contributed by atoms with van der Waals surface area (Å²) in [5, 5.41) is 3.19. The predicted molar refractivity (Wildman–Crippen MR) is 114 cm³/mol. The lowest BCUT2D eigenvalue weighted by Crippen LogP contribution is -2.41. The summed E-state index contributed by atoms with van der Waals surface area (Å²) in [5.41, 5.74) is 5.21. The Bertz CT molecular complexity index is 812. The normalized spacial score (nSPS) is 14.8. The summed E-state index contributed by atoms with van der Waals surface area (Å²) in [7, 11) is 0. The van der Waals surface area contributed by atoms with Crippen LogP contribution in [0.25, 0.3) is 0 Å². The van der Waals surface area contributed by atoms with Crippen LogP contribution >= 0.6 is 0 Å². The van der Waals surface area contributed by atoms with Gasteiger partial charge >= 0.3 is 0 Å². The lowest BCUT2D eigenvalue weighted by atomic mass is 9.94. The molecular weight excluding hydrogens is 348 g/mol. The van der Waals surface area contributed by atoms with E-state index < -0.39 is 0 Å². The number of piperidine rings is 1. The molecule has 2 aromatic rings. The van der Waals surface area contributed by atoms with Crippen molar-refractivity contribution >= 4 is 17.5 Å². The van der Waals surface area contributed by atoms with Crippen molar-refractivity contribution in [3.8, 4) is 0 Å². The maximum absolute atomic E-state index is 12.9. The molecule has 0 spiro atoms. The quantitative estimate of drug-likeness (QED) is 0.826. The van der Waals surface area contributed by atoms with E-state index in [1.54, 1.807) is 0 Å². The summed E-state index contributed by atoms with van der Waals surface area (Å²) in [6, 6.07) is 13.9. The van der Waals surface area contributed by atoms with Gasteiger partial charge in [0.05, 0.1) is 0 Å². The van der Waals surface area contributed by atoms with Crippen LogP contribution in [-0.2, 0) is 17.6 Å². The van der Waals surface area contributed by atoms with Gasteiger partial charge in [0.2, 0.25) is 5.91 Å². The van der Waals surface area contributed by atoms with E-state index >= 15 is 0 Å². The molecule has 1 N–H and O–H groups in total. The summed E-state index contributed by atoms with van der Waals surface area (Å²) in [4.78, 5) is 27.4. The van der Waals surface area contributed by atoms with E-state index in [4.69, 9.17) is 0 Å². The summed E-state index contributed by atoms with van der Waals surface area (Å²) in [5.74, 6) is 0.0955. The van der Waals surface area contributed by atoms with Gasteiger partial charge in [0.1, 0.15) is 0 Å². The first kappa shape index (κ1) is 20.1. The number of carbonyl (C=O) groups excluding carboxylic acids is 2. The lowest BCUT2D eigenvalue weighted by Gasteiger charge is -2.31. The summed E-state index contributed by atoms with van der Waals surface area (Å²) < 4.78 is 0.